The molecule has 0 saturated heterocycles. The molecule has 0 radical (unpaired) electrons. The zero-order valence-electron chi connectivity index (χ0n) is 9.45. The molecule has 1 amide bonds. The molecule has 0 spiro atoms. The Hall–Kier alpha value is -1.13. The van der Waals surface area contributed by atoms with Crippen molar-refractivity contribution in [1.29, 1.82) is 0 Å². The van der Waals surface area contributed by atoms with E-state index in [9.17, 15) is 4.79 Å². The summed E-state index contributed by atoms with van der Waals surface area (Å²) in [6, 6.07) is 0. The molecule has 2 N–H and O–H groups in total. The zero-order chi connectivity index (χ0) is 11.4. The van der Waals surface area contributed by atoms with Crippen LogP contribution in [0.25, 0.3) is 0 Å². The van der Waals surface area contributed by atoms with Gasteiger partial charge in [0.15, 0.2) is 0 Å². The predicted molar refractivity (Wildman–Crippen MR) is 61.7 cm³/mol. The summed E-state index contributed by atoms with van der Waals surface area (Å²) < 4.78 is 4.87. The first-order valence-electron chi connectivity index (χ1n) is 5.08. The van der Waals surface area contributed by atoms with Crippen molar-refractivity contribution in [2.75, 3.05) is 33.4 Å². The second kappa shape index (κ2) is 10.9. The van der Waals surface area contributed by atoms with Crippen molar-refractivity contribution < 1.29 is 9.53 Å². The number of hydrogen-bond acceptors (Lipinski definition) is 3. The number of methoxy groups -OCH3 is 1. The first-order valence-corrected chi connectivity index (χ1v) is 5.08. The van der Waals surface area contributed by atoms with Crippen LogP contribution in [-0.2, 0) is 9.53 Å². The Morgan fingerprint density at radius 3 is 2.73 bits per heavy atom. The normalized spacial score (nSPS) is 11.3. The van der Waals surface area contributed by atoms with Crippen molar-refractivity contribution in [3.05, 3.63) is 24.3 Å². The Morgan fingerprint density at radius 2 is 2.07 bits per heavy atom. The lowest BCUT2D eigenvalue weighted by Crippen LogP contribution is -2.32. The lowest BCUT2D eigenvalue weighted by molar-refractivity contribution is -0.116. The number of amides is 1. The minimum absolute atomic E-state index is 0.0679. The Kier molecular flexibility index (Phi) is 10.1. The van der Waals surface area contributed by atoms with Crippen molar-refractivity contribution >= 4 is 5.91 Å². The number of hydrogen-bond donors (Lipinski definition) is 2. The van der Waals surface area contributed by atoms with E-state index in [0.717, 1.165) is 13.1 Å². The van der Waals surface area contributed by atoms with E-state index in [-0.39, 0.29) is 5.91 Å². The van der Waals surface area contributed by atoms with Crippen molar-refractivity contribution in [3.8, 4) is 0 Å². The molecule has 0 aliphatic heterocycles. The third kappa shape index (κ3) is 10.8. The van der Waals surface area contributed by atoms with Crippen LogP contribution in [0, 0.1) is 0 Å². The third-order valence-corrected chi connectivity index (χ3v) is 1.64. The highest BCUT2D eigenvalue weighted by molar-refractivity contribution is 5.87. The van der Waals surface area contributed by atoms with Crippen molar-refractivity contribution in [1.82, 2.24) is 10.6 Å². The van der Waals surface area contributed by atoms with Crippen LogP contribution in [0.3, 0.4) is 0 Å². The lowest BCUT2D eigenvalue weighted by atomic mass is 10.4. The highest BCUT2D eigenvalue weighted by Crippen LogP contribution is 1.76. The molecule has 0 aliphatic carbocycles. The molecule has 0 unspecified atom stereocenters. The van der Waals surface area contributed by atoms with Crippen LogP contribution in [0.15, 0.2) is 24.3 Å². The maximum Gasteiger partial charge on any atom is 0.244 e. The fourth-order valence-corrected chi connectivity index (χ4v) is 0.886. The molecule has 86 valence electrons. The van der Waals surface area contributed by atoms with Gasteiger partial charge in [-0.15, -0.1) is 0 Å². The van der Waals surface area contributed by atoms with E-state index < -0.39 is 0 Å². The van der Waals surface area contributed by atoms with Gasteiger partial charge in [-0.25, -0.2) is 0 Å². The van der Waals surface area contributed by atoms with Crippen LogP contribution < -0.4 is 10.6 Å². The predicted octanol–water partition coefficient (Wildman–Crippen LogP) is 0.471. The minimum atomic E-state index is -0.0679. The number of rotatable bonds is 8. The number of allylic oxidation sites excluding steroid dienone is 3. The van der Waals surface area contributed by atoms with Gasteiger partial charge in [0, 0.05) is 32.8 Å². The molecule has 0 aromatic rings. The summed E-state index contributed by atoms with van der Waals surface area (Å²) in [7, 11) is 1.66. The second-order valence-corrected chi connectivity index (χ2v) is 2.92. The molecular weight excluding hydrogens is 192 g/mol. The summed E-state index contributed by atoms with van der Waals surface area (Å²) in [6.07, 6.45) is 6.91. The molecule has 15 heavy (non-hydrogen) atoms. The Balaban J connectivity index is 3.31. The zero-order valence-corrected chi connectivity index (χ0v) is 9.45. The number of ether oxygens (including phenoxy) is 1. The van der Waals surface area contributed by atoms with Gasteiger partial charge in [0.25, 0.3) is 0 Å². The first kappa shape index (κ1) is 13.9. The molecule has 4 nitrogen and oxygen atoms in total. The molecule has 0 aliphatic rings. The molecule has 0 aromatic carbocycles. The standard InChI is InChI=1S/C11H20N2O2/c1-3-4-5-6-11(14)13-8-7-12-9-10-15-2/h3-6,12H,7-10H2,1-2H3,(H,13,14)/b4-3?,6-5+. The second-order valence-electron chi connectivity index (χ2n) is 2.92. The van der Waals surface area contributed by atoms with Crippen LogP contribution in [0.1, 0.15) is 6.92 Å². The molecule has 0 bridgehead atoms. The van der Waals surface area contributed by atoms with Gasteiger partial charge in [-0.3, -0.25) is 4.79 Å². The van der Waals surface area contributed by atoms with Gasteiger partial charge in [0.05, 0.1) is 6.61 Å². The van der Waals surface area contributed by atoms with Crippen LogP contribution in [-0.4, -0.2) is 39.3 Å². The number of nitrogens with one attached hydrogen (secondary N) is 2. The fraction of sp³-hybridized carbons (Fsp3) is 0.545. The summed E-state index contributed by atoms with van der Waals surface area (Å²) in [5.74, 6) is -0.0679. The highest BCUT2D eigenvalue weighted by Gasteiger charge is 1.92. The van der Waals surface area contributed by atoms with Gasteiger partial charge in [-0.05, 0) is 6.92 Å². The third-order valence-electron chi connectivity index (χ3n) is 1.64. The molecule has 0 saturated carbocycles. The summed E-state index contributed by atoms with van der Waals surface area (Å²) >= 11 is 0. The van der Waals surface area contributed by atoms with E-state index in [1.165, 1.54) is 6.08 Å². The Labute approximate surface area is 91.4 Å². The molecule has 0 rings (SSSR count). The van der Waals surface area contributed by atoms with E-state index >= 15 is 0 Å². The Morgan fingerprint density at radius 1 is 1.27 bits per heavy atom. The summed E-state index contributed by atoms with van der Waals surface area (Å²) in [6.45, 7) is 4.78. The molecule has 0 aromatic heterocycles. The van der Waals surface area contributed by atoms with E-state index in [2.05, 4.69) is 10.6 Å². The summed E-state index contributed by atoms with van der Waals surface area (Å²) in [4.78, 5) is 11.1. The summed E-state index contributed by atoms with van der Waals surface area (Å²) in [5.41, 5.74) is 0. The molecule has 4 heteroatoms. The monoisotopic (exact) mass is 212 g/mol. The van der Waals surface area contributed by atoms with E-state index in [1.54, 1.807) is 13.2 Å². The van der Waals surface area contributed by atoms with E-state index in [1.807, 2.05) is 19.1 Å². The van der Waals surface area contributed by atoms with Gasteiger partial charge in [-0.1, -0.05) is 18.2 Å². The number of carbonyl (C=O) groups excluding carboxylic acids is 1. The van der Waals surface area contributed by atoms with Crippen LogP contribution in [0.4, 0.5) is 0 Å². The van der Waals surface area contributed by atoms with Crippen molar-refractivity contribution in [2.45, 2.75) is 6.92 Å². The number of carbonyl (C=O) groups is 1. The largest absolute Gasteiger partial charge is 0.383 e. The summed E-state index contributed by atoms with van der Waals surface area (Å²) in [5, 5.41) is 5.89. The minimum Gasteiger partial charge on any atom is -0.383 e. The smallest absolute Gasteiger partial charge is 0.244 e. The van der Waals surface area contributed by atoms with E-state index in [4.69, 9.17) is 4.74 Å². The Bertz CT molecular complexity index is 213. The first-order chi connectivity index (χ1) is 7.31. The van der Waals surface area contributed by atoms with Crippen molar-refractivity contribution in [3.63, 3.8) is 0 Å². The van der Waals surface area contributed by atoms with Gasteiger partial charge < -0.3 is 15.4 Å². The average molecular weight is 212 g/mol. The van der Waals surface area contributed by atoms with Gasteiger partial charge in [0.1, 0.15) is 0 Å². The molecule has 0 atom stereocenters. The van der Waals surface area contributed by atoms with Crippen LogP contribution >= 0.6 is 0 Å². The van der Waals surface area contributed by atoms with Gasteiger partial charge in [-0.2, -0.15) is 0 Å². The van der Waals surface area contributed by atoms with E-state index in [0.29, 0.717) is 13.2 Å². The fourth-order valence-electron chi connectivity index (χ4n) is 0.886. The quantitative estimate of drug-likeness (QED) is 0.349. The maximum absolute atomic E-state index is 11.1. The molecule has 0 fully saturated rings. The maximum atomic E-state index is 11.1. The topological polar surface area (TPSA) is 50.4 Å². The molecule has 0 heterocycles. The van der Waals surface area contributed by atoms with Gasteiger partial charge in [0.2, 0.25) is 5.91 Å². The van der Waals surface area contributed by atoms with Crippen molar-refractivity contribution in [2.24, 2.45) is 0 Å². The van der Waals surface area contributed by atoms with Gasteiger partial charge >= 0.3 is 0 Å². The van der Waals surface area contributed by atoms with Crippen LogP contribution in [0.2, 0.25) is 0 Å². The highest BCUT2D eigenvalue weighted by atomic mass is 16.5. The SMILES string of the molecule is CC=C/C=C/C(=O)NCCNCCOC. The van der Waals surface area contributed by atoms with Crippen LogP contribution in [0.5, 0.6) is 0 Å². The lowest BCUT2D eigenvalue weighted by Gasteiger charge is -2.04. The molecular formula is C11H20N2O2. The average Bonchev–Trinajstić information content (AvgIpc) is 2.23.